The van der Waals surface area contributed by atoms with Gasteiger partial charge in [0.2, 0.25) is 0 Å². The third-order valence-electron chi connectivity index (χ3n) is 2.33. The summed E-state index contributed by atoms with van der Waals surface area (Å²) >= 11 is 4.78. The monoisotopic (exact) mass is 208 g/mol. The molecular weight excluding hydrogens is 196 g/mol. The summed E-state index contributed by atoms with van der Waals surface area (Å²) in [6, 6.07) is 0. The average Bonchev–Trinajstić information content (AvgIpc) is 2.84. The number of nitrogens with zero attached hydrogens (tertiary/aromatic N) is 2. The van der Waals surface area contributed by atoms with E-state index >= 15 is 0 Å². The van der Waals surface area contributed by atoms with Crippen molar-refractivity contribution in [3.05, 3.63) is 18.1 Å². The van der Waals surface area contributed by atoms with Crippen LogP contribution in [0.1, 0.15) is 25.5 Å². The highest BCUT2D eigenvalue weighted by Crippen LogP contribution is 2.37. The summed E-state index contributed by atoms with van der Waals surface area (Å²) in [5.74, 6) is 0.782. The molecule has 0 radical (unpaired) electrons. The van der Waals surface area contributed by atoms with Gasteiger partial charge in [0.25, 0.3) is 0 Å². The van der Waals surface area contributed by atoms with Gasteiger partial charge in [-0.3, -0.25) is 0 Å². The lowest BCUT2D eigenvalue weighted by Gasteiger charge is -2.11. The molecule has 0 amide bonds. The van der Waals surface area contributed by atoms with Gasteiger partial charge in [-0.15, -0.1) is 0 Å². The molecule has 1 fully saturated rings. The molecular formula is C9H12N4S. The van der Waals surface area contributed by atoms with Gasteiger partial charge in [0.15, 0.2) is 0 Å². The third-order valence-corrected chi connectivity index (χ3v) is 2.54. The van der Waals surface area contributed by atoms with E-state index in [2.05, 4.69) is 22.2 Å². The first kappa shape index (κ1) is 9.33. The van der Waals surface area contributed by atoms with Crippen molar-refractivity contribution in [2.75, 3.05) is 5.32 Å². The van der Waals surface area contributed by atoms with Gasteiger partial charge < -0.3 is 11.1 Å². The molecule has 1 aromatic heterocycles. The van der Waals surface area contributed by atoms with Gasteiger partial charge in [-0.25, -0.2) is 9.97 Å². The lowest BCUT2D eigenvalue weighted by atomic mass is 10.3. The summed E-state index contributed by atoms with van der Waals surface area (Å²) in [4.78, 5) is 8.56. The van der Waals surface area contributed by atoms with Gasteiger partial charge >= 0.3 is 0 Å². The summed E-state index contributed by atoms with van der Waals surface area (Å²) in [6.45, 7) is 2.16. The van der Waals surface area contributed by atoms with Crippen molar-refractivity contribution in [3.8, 4) is 0 Å². The number of hydrogen-bond donors (Lipinski definition) is 2. The molecule has 1 aliphatic rings. The zero-order valence-corrected chi connectivity index (χ0v) is 8.77. The Kier molecular flexibility index (Phi) is 2.11. The highest BCUT2D eigenvalue weighted by Gasteiger charge is 2.37. The maximum absolute atomic E-state index is 5.41. The Hall–Kier alpha value is -1.23. The van der Waals surface area contributed by atoms with Gasteiger partial charge in [0.1, 0.15) is 16.5 Å². The molecule has 0 bridgehead atoms. The summed E-state index contributed by atoms with van der Waals surface area (Å²) in [7, 11) is 0. The van der Waals surface area contributed by atoms with Gasteiger partial charge in [-0.2, -0.15) is 0 Å². The first-order chi connectivity index (χ1) is 6.59. The van der Waals surface area contributed by atoms with Crippen LogP contribution < -0.4 is 11.1 Å². The second kappa shape index (κ2) is 3.16. The largest absolute Gasteiger partial charge is 0.388 e. The number of thiocarbonyl (C=S) groups is 1. The fourth-order valence-electron chi connectivity index (χ4n) is 1.14. The molecule has 0 saturated heterocycles. The minimum absolute atomic E-state index is 0.222. The molecule has 1 aromatic rings. The van der Waals surface area contributed by atoms with E-state index in [4.69, 9.17) is 18.0 Å². The number of aromatic nitrogens is 2. The van der Waals surface area contributed by atoms with E-state index in [1.807, 2.05) is 0 Å². The molecule has 0 spiro atoms. The van der Waals surface area contributed by atoms with Crippen molar-refractivity contribution in [3.63, 3.8) is 0 Å². The lowest BCUT2D eigenvalue weighted by Crippen LogP contribution is -2.18. The minimum atomic E-state index is 0.222. The molecule has 0 unspecified atom stereocenters. The molecule has 1 saturated carbocycles. The molecule has 0 aromatic carbocycles. The molecule has 2 rings (SSSR count). The predicted octanol–water partition coefficient (Wildman–Crippen LogP) is 1.08. The molecule has 3 N–H and O–H groups in total. The highest BCUT2D eigenvalue weighted by molar-refractivity contribution is 7.80. The number of rotatable bonds is 3. The Morgan fingerprint density at radius 3 is 2.64 bits per heavy atom. The van der Waals surface area contributed by atoms with Gasteiger partial charge in [-0.1, -0.05) is 12.2 Å². The van der Waals surface area contributed by atoms with Crippen LogP contribution in [0.5, 0.6) is 0 Å². The van der Waals surface area contributed by atoms with Crippen LogP contribution in [0, 0.1) is 0 Å². The summed E-state index contributed by atoms with van der Waals surface area (Å²) in [5, 5.41) is 3.30. The van der Waals surface area contributed by atoms with Crippen molar-refractivity contribution in [2.45, 2.75) is 25.3 Å². The fraction of sp³-hybridized carbons (Fsp3) is 0.444. The standard InChI is InChI=1S/C9H12N4S/c1-9(2-3-9)13-7-5-11-6(4-12-7)8(10)14/h4-5H,2-3H2,1H3,(H2,10,14)(H,12,13). The molecule has 14 heavy (non-hydrogen) atoms. The van der Waals surface area contributed by atoms with E-state index in [0.29, 0.717) is 5.69 Å². The third kappa shape index (κ3) is 1.98. The van der Waals surface area contributed by atoms with Crippen molar-refractivity contribution < 1.29 is 0 Å². The van der Waals surface area contributed by atoms with Crippen LogP contribution in [0.4, 0.5) is 5.82 Å². The average molecular weight is 208 g/mol. The van der Waals surface area contributed by atoms with E-state index in [0.717, 1.165) is 5.82 Å². The Morgan fingerprint density at radius 2 is 2.21 bits per heavy atom. The van der Waals surface area contributed by atoms with Crippen LogP contribution >= 0.6 is 12.2 Å². The van der Waals surface area contributed by atoms with E-state index in [9.17, 15) is 0 Å². The number of nitrogens with one attached hydrogen (secondary N) is 1. The molecule has 74 valence electrons. The Labute approximate surface area is 87.9 Å². The first-order valence-corrected chi connectivity index (χ1v) is 4.90. The smallest absolute Gasteiger partial charge is 0.144 e. The van der Waals surface area contributed by atoms with Crippen molar-refractivity contribution in [1.82, 2.24) is 9.97 Å². The second-order valence-electron chi connectivity index (χ2n) is 3.84. The summed E-state index contributed by atoms with van der Waals surface area (Å²) in [6.07, 6.45) is 5.63. The first-order valence-electron chi connectivity index (χ1n) is 4.49. The Morgan fingerprint density at radius 1 is 1.50 bits per heavy atom. The summed E-state index contributed by atoms with van der Waals surface area (Å²) < 4.78 is 0. The van der Waals surface area contributed by atoms with Crippen LogP contribution in [-0.4, -0.2) is 20.5 Å². The topological polar surface area (TPSA) is 63.8 Å². The molecule has 0 aliphatic heterocycles. The molecule has 1 heterocycles. The second-order valence-corrected chi connectivity index (χ2v) is 4.28. The van der Waals surface area contributed by atoms with Crippen molar-refractivity contribution in [2.24, 2.45) is 5.73 Å². The van der Waals surface area contributed by atoms with Crippen LogP contribution in [0.2, 0.25) is 0 Å². The molecule has 1 aliphatic carbocycles. The van der Waals surface area contributed by atoms with E-state index in [-0.39, 0.29) is 10.5 Å². The van der Waals surface area contributed by atoms with Gasteiger partial charge in [0, 0.05) is 5.54 Å². The fourth-order valence-corrected chi connectivity index (χ4v) is 1.25. The Bertz CT molecular complexity index is 356. The van der Waals surface area contributed by atoms with E-state index in [1.165, 1.54) is 12.8 Å². The van der Waals surface area contributed by atoms with Crippen LogP contribution in [0.25, 0.3) is 0 Å². The quantitative estimate of drug-likeness (QED) is 0.728. The lowest BCUT2D eigenvalue weighted by molar-refractivity contribution is 0.818. The number of anilines is 1. The minimum Gasteiger partial charge on any atom is -0.388 e. The number of hydrogen-bond acceptors (Lipinski definition) is 4. The van der Waals surface area contributed by atoms with Gasteiger partial charge in [0.05, 0.1) is 12.4 Å². The van der Waals surface area contributed by atoms with E-state index < -0.39 is 0 Å². The molecule has 5 heteroatoms. The highest BCUT2D eigenvalue weighted by atomic mass is 32.1. The number of nitrogens with two attached hydrogens (primary N) is 1. The normalized spacial score (nSPS) is 17.5. The van der Waals surface area contributed by atoms with Crippen LogP contribution in [-0.2, 0) is 0 Å². The maximum atomic E-state index is 5.41. The van der Waals surface area contributed by atoms with E-state index in [1.54, 1.807) is 12.4 Å². The van der Waals surface area contributed by atoms with Gasteiger partial charge in [-0.05, 0) is 19.8 Å². The zero-order chi connectivity index (χ0) is 10.2. The predicted molar refractivity (Wildman–Crippen MR) is 59.2 cm³/mol. The van der Waals surface area contributed by atoms with Crippen molar-refractivity contribution >= 4 is 23.0 Å². The Balaban J connectivity index is 2.10. The SMILES string of the molecule is CC1(Nc2cnc(C(N)=S)cn2)CC1. The molecule has 4 nitrogen and oxygen atoms in total. The molecule has 0 atom stereocenters. The summed E-state index contributed by atoms with van der Waals surface area (Å²) in [5.41, 5.74) is 6.20. The van der Waals surface area contributed by atoms with Crippen LogP contribution in [0.3, 0.4) is 0 Å². The van der Waals surface area contributed by atoms with Crippen LogP contribution in [0.15, 0.2) is 12.4 Å². The zero-order valence-electron chi connectivity index (χ0n) is 7.95. The maximum Gasteiger partial charge on any atom is 0.144 e. The van der Waals surface area contributed by atoms with Crippen molar-refractivity contribution in [1.29, 1.82) is 0 Å².